The highest BCUT2D eigenvalue weighted by molar-refractivity contribution is 7.89. The van der Waals surface area contributed by atoms with Gasteiger partial charge in [0.2, 0.25) is 10.0 Å². The molecule has 35 heavy (non-hydrogen) atoms. The third kappa shape index (κ3) is 4.37. The van der Waals surface area contributed by atoms with Gasteiger partial charge < -0.3 is 4.74 Å². The average Bonchev–Trinajstić information content (AvgIpc) is 2.80. The molecule has 0 saturated carbocycles. The first-order valence-electron chi connectivity index (χ1n) is 12.0. The lowest BCUT2D eigenvalue weighted by molar-refractivity contribution is -0.121. The molecule has 0 aromatic heterocycles. The number of carbonyl (C=O) groups excluding carboxylic acids is 1. The zero-order valence-corrected chi connectivity index (χ0v) is 21.8. The normalized spacial score (nSPS) is 25.7. The van der Waals surface area contributed by atoms with Crippen LogP contribution in [-0.2, 0) is 19.6 Å². The van der Waals surface area contributed by atoms with Crippen LogP contribution in [0.25, 0.3) is 6.08 Å². The van der Waals surface area contributed by atoms with Crippen LogP contribution in [0.2, 0.25) is 5.02 Å². The summed E-state index contributed by atoms with van der Waals surface area (Å²) < 4.78 is 35.4. The Morgan fingerprint density at radius 2 is 1.80 bits per heavy atom. The van der Waals surface area contributed by atoms with Gasteiger partial charge in [-0.1, -0.05) is 53.6 Å². The molecule has 2 aromatic rings. The summed E-state index contributed by atoms with van der Waals surface area (Å²) in [4.78, 5) is 13.4. The van der Waals surface area contributed by atoms with Crippen LogP contribution in [0.4, 0.5) is 0 Å². The number of sulfonamides is 1. The number of allylic oxidation sites excluding steroid dienone is 2. The van der Waals surface area contributed by atoms with Crippen LogP contribution >= 0.6 is 11.6 Å². The minimum absolute atomic E-state index is 0.108. The highest BCUT2D eigenvalue weighted by atomic mass is 35.5. The molecule has 2 atom stereocenters. The predicted octanol–water partition coefficient (Wildman–Crippen LogP) is 5.78. The van der Waals surface area contributed by atoms with Crippen molar-refractivity contribution in [2.75, 3.05) is 13.1 Å². The molecule has 1 aliphatic carbocycles. The molecule has 0 bridgehead atoms. The SMILES string of the molecule is Cc1ccc(S(=O)(=O)N2C/C(=C\c3ccccc3Cl)[C@@H]3C4=C(CCCC4=O)OC(C)(C)[C@@H]3C2)cc1. The predicted molar refractivity (Wildman–Crippen MR) is 137 cm³/mol. The molecule has 7 heteroatoms. The fourth-order valence-corrected chi connectivity index (χ4v) is 7.25. The highest BCUT2D eigenvalue weighted by Crippen LogP contribution is 2.51. The topological polar surface area (TPSA) is 63.7 Å². The Balaban J connectivity index is 1.66. The molecule has 0 spiro atoms. The van der Waals surface area contributed by atoms with Crippen molar-refractivity contribution in [3.05, 3.63) is 81.6 Å². The highest BCUT2D eigenvalue weighted by Gasteiger charge is 2.53. The molecule has 0 radical (unpaired) electrons. The third-order valence-corrected chi connectivity index (χ3v) is 9.63. The van der Waals surface area contributed by atoms with Crippen molar-refractivity contribution < 1.29 is 17.9 Å². The molecule has 1 saturated heterocycles. The summed E-state index contributed by atoms with van der Waals surface area (Å²) >= 11 is 6.50. The number of piperidine rings is 1. The van der Waals surface area contributed by atoms with Gasteiger partial charge in [0.05, 0.1) is 4.90 Å². The van der Waals surface area contributed by atoms with Crippen molar-refractivity contribution in [2.45, 2.75) is 50.5 Å². The molecule has 0 N–H and O–H groups in total. The second-order valence-electron chi connectivity index (χ2n) is 10.3. The number of hydrogen-bond donors (Lipinski definition) is 0. The van der Waals surface area contributed by atoms with Gasteiger partial charge >= 0.3 is 0 Å². The van der Waals surface area contributed by atoms with E-state index in [0.717, 1.165) is 40.9 Å². The molecular weight excluding hydrogens is 482 g/mol. The van der Waals surface area contributed by atoms with Crippen molar-refractivity contribution >= 4 is 33.5 Å². The molecule has 5 rings (SSSR count). The fraction of sp³-hybridized carbons (Fsp3) is 0.393. The quantitative estimate of drug-likeness (QED) is 0.523. The number of hydrogen-bond acceptors (Lipinski definition) is 4. The Kier molecular flexibility index (Phi) is 6.19. The molecular formula is C28H30ClNO4S. The lowest BCUT2D eigenvalue weighted by Crippen LogP contribution is -2.56. The van der Waals surface area contributed by atoms with E-state index in [0.29, 0.717) is 11.4 Å². The fourth-order valence-electron chi connectivity index (χ4n) is 5.61. The zero-order valence-electron chi connectivity index (χ0n) is 20.3. The molecule has 0 amide bonds. The lowest BCUT2D eigenvalue weighted by Gasteiger charge is -2.51. The van der Waals surface area contributed by atoms with Crippen LogP contribution in [0.3, 0.4) is 0 Å². The Morgan fingerprint density at radius 1 is 1.09 bits per heavy atom. The summed E-state index contributed by atoms with van der Waals surface area (Å²) in [6.45, 7) is 6.41. The number of ether oxygens (including phenoxy) is 1. The van der Waals surface area contributed by atoms with E-state index in [1.165, 1.54) is 4.31 Å². The summed E-state index contributed by atoms with van der Waals surface area (Å²) in [6, 6.07) is 14.4. The maximum atomic E-state index is 13.7. The second-order valence-corrected chi connectivity index (χ2v) is 12.6. The monoisotopic (exact) mass is 511 g/mol. The van der Waals surface area contributed by atoms with Crippen LogP contribution < -0.4 is 0 Å². The first-order chi connectivity index (χ1) is 16.6. The van der Waals surface area contributed by atoms with Crippen molar-refractivity contribution in [3.8, 4) is 0 Å². The smallest absolute Gasteiger partial charge is 0.243 e. The van der Waals surface area contributed by atoms with Crippen LogP contribution in [0.5, 0.6) is 0 Å². The maximum Gasteiger partial charge on any atom is 0.243 e. The number of rotatable bonds is 3. The number of benzene rings is 2. The molecule has 1 fully saturated rings. The minimum Gasteiger partial charge on any atom is -0.491 e. The van der Waals surface area contributed by atoms with E-state index >= 15 is 0 Å². The number of aryl methyl sites for hydroxylation is 1. The van der Waals surface area contributed by atoms with E-state index in [1.807, 2.05) is 63.2 Å². The third-order valence-electron chi connectivity index (χ3n) is 7.46. The van der Waals surface area contributed by atoms with E-state index in [4.69, 9.17) is 16.3 Å². The first kappa shape index (κ1) is 24.3. The van der Waals surface area contributed by atoms with Crippen LogP contribution in [-0.4, -0.2) is 37.2 Å². The van der Waals surface area contributed by atoms with Gasteiger partial charge in [0.15, 0.2) is 5.78 Å². The van der Waals surface area contributed by atoms with Crippen molar-refractivity contribution in [2.24, 2.45) is 11.8 Å². The summed E-state index contributed by atoms with van der Waals surface area (Å²) in [5.41, 5.74) is 2.78. The van der Waals surface area contributed by atoms with Gasteiger partial charge in [-0.2, -0.15) is 4.31 Å². The van der Waals surface area contributed by atoms with Gasteiger partial charge in [-0.15, -0.1) is 0 Å². The molecule has 0 unspecified atom stereocenters. The Morgan fingerprint density at radius 3 is 2.51 bits per heavy atom. The molecule has 2 aliphatic heterocycles. The van der Waals surface area contributed by atoms with Crippen molar-refractivity contribution in [3.63, 3.8) is 0 Å². The van der Waals surface area contributed by atoms with E-state index in [1.54, 1.807) is 12.1 Å². The molecule has 2 aromatic carbocycles. The summed E-state index contributed by atoms with van der Waals surface area (Å²) in [5, 5.41) is 0.588. The van der Waals surface area contributed by atoms with Crippen LogP contribution in [0.15, 0.2) is 70.3 Å². The van der Waals surface area contributed by atoms with Crippen molar-refractivity contribution in [1.82, 2.24) is 4.31 Å². The number of nitrogens with zero attached hydrogens (tertiary/aromatic N) is 1. The molecule has 3 aliphatic rings. The Labute approximate surface area is 212 Å². The van der Waals surface area contributed by atoms with E-state index in [2.05, 4.69) is 0 Å². The van der Waals surface area contributed by atoms with Crippen LogP contribution in [0.1, 0.15) is 44.2 Å². The van der Waals surface area contributed by atoms with Crippen molar-refractivity contribution in [1.29, 1.82) is 0 Å². The molecule has 2 heterocycles. The summed E-state index contributed by atoms with van der Waals surface area (Å²) in [6.07, 6.45) is 3.99. The number of fused-ring (bicyclic) bond motifs is 2. The number of carbonyl (C=O) groups is 1. The van der Waals surface area contributed by atoms with E-state index in [9.17, 15) is 13.2 Å². The molecule has 5 nitrogen and oxygen atoms in total. The number of ketones is 1. The van der Waals surface area contributed by atoms with Gasteiger partial charge in [0.25, 0.3) is 0 Å². The van der Waals surface area contributed by atoms with Gasteiger partial charge in [0, 0.05) is 48.4 Å². The van der Waals surface area contributed by atoms with E-state index < -0.39 is 15.6 Å². The molecule has 184 valence electrons. The number of Topliss-reactive ketones (excluding diaryl/α,β-unsaturated/α-hetero) is 1. The second kappa shape index (κ2) is 8.91. The zero-order chi connectivity index (χ0) is 25.0. The largest absolute Gasteiger partial charge is 0.491 e. The summed E-state index contributed by atoms with van der Waals surface area (Å²) in [7, 11) is -3.75. The summed E-state index contributed by atoms with van der Waals surface area (Å²) in [5.74, 6) is 0.456. The Bertz CT molecular complexity index is 1340. The maximum absolute atomic E-state index is 13.7. The minimum atomic E-state index is -3.75. The van der Waals surface area contributed by atoms with Gasteiger partial charge in [-0.25, -0.2) is 8.42 Å². The van der Waals surface area contributed by atoms with Gasteiger partial charge in [0.1, 0.15) is 11.4 Å². The van der Waals surface area contributed by atoms with Gasteiger partial charge in [-0.05, 0) is 56.5 Å². The van der Waals surface area contributed by atoms with E-state index in [-0.39, 0.29) is 35.6 Å². The lowest BCUT2D eigenvalue weighted by atomic mass is 9.66. The van der Waals surface area contributed by atoms with Crippen LogP contribution in [0, 0.1) is 18.8 Å². The number of halogens is 1. The average molecular weight is 512 g/mol. The standard InChI is InChI=1S/C28H30ClNO4S/c1-18-11-13-21(14-12-18)35(32,33)30-16-20(15-19-7-4-5-8-23(19)29)26-22(17-30)28(2,3)34-25-10-6-9-24(31)27(25)26/h4-5,7-8,11-15,22,26H,6,9-10,16-17H2,1-3H3/b20-15+/t22-,26+/m1/s1. The van der Waals surface area contributed by atoms with Gasteiger partial charge in [-0.3, -0.25) is 4.79 Å². The first-order valence-corrected chi connectivity index (χ1v) is 13.9. The Hall–Kier alpha value is -2.41.